The predicted molar refractivity (Wildman–Crippen MR) is 67.7 cm³/mol. The number of rotatable bonds is 7. The van der Waals surface area contributed by atoms with Gasteiger partial charge in [0.1, 0.15) is 18.1 Å². The number of ether oxygens (including phenoxy) is 1. The van der Waals surface area contributed by atoms with Crippen molar-refractivity contribution in [3.63, 3.8) is 0 Å². The van der Waals surface area contributed by atoms with Crippen LogP contribution in [-0.2, 0) is 9.53 Å². The van der Waals surface area contributed by atoms with Gasteiger partial charge >= 0.3 is 5.97 Å². The molecule has 0 fully saturated rings. The van der Waals surface area contributed by atoms with Crippen LogP contribution in [0.5, 0.6) is 0 Å². The second-order valence-corrected chi connectivity index (χ2v) is 4.27. The number of halogens is 2. The van der Waals surface area contributed by atoms with Crippen molar-refractivity contribution >= 4 is 33.3 Å². The van der Waals surface area contributed by atoms with E-state index in [9.17, 15) is 19.3 Å². The van der Waals surface area contributed by atoms with Crippen LogP contribution in [0.15, 0.2) is 16.6 Å². The predicted octanol–water partition coefficient (Wildman–Crippen LogP) is 2.01. The highest BCUT2D eigenvalue weighted by atomic mass is 79.9. The van der Waals surface area contributed by atoms with Gasteiger partial charge in [-0.15, -0.1) is 0 Å². The van der Waals surface area contributed by atoms with E-state index in [1.165, 1.54) is 0 Å². The van der Waals surface area contributed by atoms with E-state index in [2.05, 4.69) is 21.2 Å². The van der Waals surface area contributed by atoms with Crippen molar-refractivity contribution in [1.82, 2.24) is 0 Å². The van der Waals surface area contributed by atoms with Crippen molar-refractivity contribution in [2.75, 3.05) is 25.1 Å². The number of benzene rings is 1. The second-order valence-electron chi connectivity index (χ2n) is 3.41. The summed E-state index contributed by atoms with van der Waals surface area (Å²) in [5, 5.41) is 21.7. The number of carboxylic acids is 1. The maximum atomic E-state index is 13.3. The van der Waals surface area contributed by atoms with Crippen LogP contribution in [0.1, 0.15) is 0 Å². The zero-order valence-corrected chi connectivity index (χ0v) is 11.1. The van der Waals surface area contributed by atoms with Gasteiger partial charge in [0.2, 0.25) is 0 Å². The lowest BCUT2D eigenvalue weighted by atomic mass is 10.2. The number of nitrogens with one attached hydrogen (secondary N) is 1. The Morgan fingerprint density at radius 1 is 1.58 bits per heavy atom. The number of nitro benzene ring substituents is 1. The van der Waals surface area contributed by atoms with Crippen LogP contribution in [0.2, 0.25) is 0 Å². The molecule has 1 rings (SSSR count). The minimum Gasteiger partial charge on any atom is -0.480 e. The first kappa shape index (κ1) is 15.3. The third kappa shape index (κ3) is 4.79. The van der Waals surface area contributed by atoms with Crippen LogP contribution < -0.4 is 5.32 Å². The van der Waals surface area contributed by atoms with E-state index in [0.717, 1.165) is 12.1 Å². The fourth-order valence-electron chi connectivity index (χ4n) is 1.25. The van der Waals surface area contributed by atoms with E-state index in [-0.39, 0.29) is 29.0 Å². The monoisotopic (exact) mass is 336 g/mol. The molecule has 104 valence electrons. The Morgan fingerprint density at radius 3 is 2.84 bits per heavy atom. The van der Waals surface area contributed by atoms with Crippen LogP contribution in [0.25, 0.3) is 0 Å². The van der Waals surface area contributed by atoms with E-state index in [0.29, 0.717) is 0 Å². The van der Waals surface area contributed by atoms with Gasteiger partial charge in [0.15, 0.2) is 0 Å². The van der Waals surface area contributed by atoms with Crippen LogP contribution in [0, 0.1) is 15.9 Å². The van der Waals surface area contributed by atoms with E-state index in [1.807, 2.05) is 0 Å². The summed E-state index contributed by atoms with van der Waals surface area (Å²) < 4.78 is 18.0. The summed E-state index contributed by atoms with van der Waals surface area (Å²) >= 11 is 2.86. The summed E-state index contributed by atoms with van der Waals surface area (Å²) in [6, 6.07) is 2.04. The first-order valence-electron chi connectivity index (χ1n) is 5.08. The standard InChI is InChI=1S/C10H10BrFN2O5/c11-6-3-9(14(17)18)8(4-7(6)12)13-1-2-19-5-10(15)16/h3-4,13H,1-2,5H2,(H,15,16). The molecule has 0 aliphatic heterocycles. The first-order valence-corrected chi connectivity index (χ1v) is 5.88. The van der Waals surface area contributed by atoms with Crippen LogP contribution in [0.4, 0.5) is 15.8 Å². The van der Waals surface area contributed by atoms with Crippen molar-refractivity contribution in [2.24, 2.45) is 0 Å². The van der Waals surface area contributed by atoms with Crippen LogP contribution in [-0.4, -0.2) is 35.8 Å². The zero-order valence-electron chi connectivity index (χ0n) is 9.56. The molecule has 1 aromatic rings. The van der Waals surface area contributed by atoms with Crippen molar-refractivity contribution in [3.05, 3.63) is 32.5 Å². The first-order chi connectivity index (χ1) is 8.91. The maximum Gasteiger partial charge on any atom is 0.329 e. The molecule has 9 heteroatoms. The minimum absolute atomic E-state index is 0.00428. The average Bonchev–Trinajstić information content (AvgIpc) is 2.32. The Kier molecular flexibility index (Phi) is 5.64. The molecular formula is C10H10BrFN2O5. The SMILES string of the molecule is O=C(O)COCCNc1cc(F)c(Br)cc1[N+](=O)[O-]. The van der Waals surface area contributed by atoms with E-state index in [4.69, 9.17) is 9.84 Å². The van der Waals surface area contributed by atoms with Gasteiger partial charge < -0.3 is 15.2 Å². The van der Waals surface area contributed by atoms with Crippen LogP contribution in [0.3, 0.4) is 0 Å². The second kappa shape index (κ2) is 7.00. The third-order valence-electron chi connectivity index (χ3n) is 2.02. The molecule has 19 heavy (non-hydrogen) atoms. The summed E-state index contributed by atoms with van der Waals surface area (Å²) in [5.41, 5.74) is -0.281. The van der Waals surface area contributed by atoms with Gasteiger partial charge in [0, 0.05) is 18.7 Å². The Bertz CT molecular complexity index is 497. The third-order valence-corrected chi connectivity index (χ3v) is 2.63. The van der Waals surface area contributed by atoms with Crippen molar-refractivity contribution < 1.29 is 24.0 Å². The molecule has 0 bridgehead atoms. The molecule has 0 aliphatic rings. The smallest absolute Gasteiger partial charge is 0.329 e. The van der Waals surface area contributed by atoms with Gasteiger partial charge in [-0.2, -0.15) is 0 Å². The Labute approximate surface area is 115 Å². The molecule has 0 saturated carbocycles. The van der Waals surface area contributed by atoms with Crippen molar-refractivity contribution in [3.8, 4) is 0 Å². The Morgan fingerprint density at radius 2 is 2.26 bits per heavy atom. The van der Waals surface area contributed by atoms with Crippen LogP contribution >= 0.6 is 15.9 Å². The highest BCUT2D eigenvalue weighted by Crippen LogP contribution is 2.30. The summed E-state index contributed by atoms with van der Waals surface area (Å²) in [7, 11) is 0. The van der Waals surface area contributed by atoms with Crippen molar-refractivity contribution in [1.29, 1.82) is 0 Å². The van der Waals surface area contributed by atoms with E-state index < -0.39 is 23.3 Å². The quantitative estimate of drug-likeness (QED) is 0.448. The number of carboxylic acid groups (broad SMARTS) is 1. The number of aliphatic carboxylic acids is 1. The van der Waals surface area contributed by atoms with Gasteiger partial charge in [0.25, 0.3) is 5.69 Å². The molecular weight excluding hydrogens is 327 g/mol. The number of anilines is 1. The highest BCUT2D eigenvalue weighted by molar-refractivity contribution is 9.10. The molecule has 0 radical (unpaired) electrons. The topological polar surface area (TPSA) is 102 Å². The lowest BCUT2D eigenvalue weighted by Gasteiger charge is -2.08. The Balaban J connectivity index is 2.64. The molecule has 1 aromatic carbocycles. The number of hydrogen-bond donors (Lipinski definition) is 2. The molecule has 0 heterocycles. The summed E-state index contributed by atoms with van der Waals surface area (Å²) in [5.74, 6) is -1.75. The summed E-state index contributed by atoms with van der Waals surface area (Å²) in [4.78, 5) is 20.3. The molecule has 0 unspecified atom stereocenters. The highest BCUT2D eigenvalue weighted by Gasteiger charge is 2.17. The maximum absolute atomic E-state index is 13.3. The molecule has 0 saturated heterocycles. The van der Waals surface area contributed by atoms with E-state index >= 15 is 0 Å². The van der Waals surface area contributed by atoms with Gasteiger partial charge in [-0.05, 0) is 15.9 Å². The lowest BCUT2D eigenvalue weighted by molar-refractivity contribution is -0.384. The fourth-order valence-corrected chi connectivity index (χ4v) is 1.58. The largest absolute Gasteiger partial charge is 0.480 e. The number of nitro groups is 1. The number of carbonyl (C=O) groups is 1. The van der Waals surface area contributed by atoms with E-state index in [1.54, 1.807) is 0 Å². The summed E-state index contributed by atoms with van der Waals surface area (Å²) in [6.07, 6.45) is 0. The average molecular weight is 337 g/mol. The Hall–Kier alpha value is -1.74. The molecule has 0 amide bonds. The van der Waals surface area contributed by atoms with Crippen molar-refractivity contribution in [2.45, 2.75) is 0 Å². The number of nitrogens with zero attached hydrogens (tertiary/aromatic N) is 1. The molecule has 0 spiro atoms. The molecule has 0 aliphatic carbocycles. The number of hydrogen-bond acceptors (Lipinski definition) is 5. The van der Waals surface area contributed by atoms with Gasteiger partial charge in [0.05, 0.1) is 16.0 Å². The molecule has 2 N–H and O–H groups in total. The minimum atomic E-state index is -1.11. The normalized spacial score (nSPS) is 10.2. The lowest BCUT2D eigenvalue weighted by Crippen LogP contribution is -2.14. The van der Waals surface area contributed by atoms with Gasteiger partial charge in [-0.3, -0.25) is 10.1 Å². The zero-order chi connectivity index (χ0) is 14.4. The fraction of sp³-hybridized carbons (Fsp3) is 0.300. The van der Waals surface area contributed by atoms with Gasteiger partial charge in [-0.25, -0.2) is 9.18 Å². The molecule has 7 nitrogen and oxygen atoms in total. The summed E-state index contributed by atoms with van der Waals surface area (Å²) in [6.45, 7) is -0.311. The molecule has 0 aromatic heterocycles. The van der Waals surface area contributed by atoms with Gasteiger partial charge in [-0.1, -0.05) is 0 Å². The molecule has 0 atom stereocenters.